The van der Waals surface area contributed by atoms with E-state index >= 15 is 0 Å². The Bertz CT molecular complexity index is 1140. The van der Waals surface area contributed by atoms with E-state index in [1.165, 1.54) is 59.2 Å². The van der Waals surface area contributed by atoms with E-state index in [1.807, 2.05) is 39.0 Å². The monoisotopic (exact) mass is 628 g/mol. The van der Waals surface area contributed by atoms with Crippen molar-refractivity contribution in [2.45, 2.75) is 135 Å². The van der Waals surface area contributed by atoms with Gasteiger partial charge in [-0.15, -0.1) is 6.58 Å². The molecule has 0 spiro atoms. The maximum Gasteiger partial charge on any atom is 0.0490 e. The number of rotatable bonds is 10. The largest absolute Gasteiger partial charge is 0.314 e. The quantitative estimate of drug-likeness (QED) is 0.202. The molecular formula is C45H73N. The third-order valence-electron chi connectivity index (χ3n) is 6.98. The van der Waals surface area contributed by atoms with Crippen LogP contribution < -0.4 is 4.90 Å². The van der Waals surface area contributed by atoms with Crippen LogP contribution in [-0.4, -0.2) is 0 Å². The zero-order valence-electron chi connectivity index (χ0n) is 32.6. The summed E-state index contributed by atoms with van der Waals surface area (Å²) in [6.07, 6.45) is 8.56. The normalized spacial score (nSPS) is 9.17. The summed E-state index contributed by atoms with van der Waals surface area (Å²) in [4.78, 5) is 2.25. The molecule has 3 rings (SSSR count). The molecule has 0 heterocycles. The molecule has 0 aliphatic rings. The van der Waals surface area contributed by atoms with Crippen molar-refractivity contribution in [1.29, 1.82) is 0 Å². The zero-order chi connectivity index (χ0) is 35.9. The van der Waals surface area contributed by atoms with Gasteiger partial charge in [0.15, 0.2) is 0 Å². The predicted octanol–water partition coefficient (Wildman–Crippen LogP) is 15.2. The highest BCUT2D eigenvalue weighted by atomic mass is 15.2. The fourth-order valence-electron chi connectivity index (χ4n) is 3.49. The van der Waals surface area contributed by atoms with E-state index in [2.05, 4.69) is 155 Å². The summed E-state index contributed by atoms with van der Waals surface area (Å²) in [5.41, 5.74) is 9.60. The molecule has 0 N–H and O–H groups in total. The third kappa shape index (κ3) is 22.2. The number of para-hydroxylation sites is 1. The minimum atomic E-state index is 0.348. The fraction of sp³-hybridized carbons (Fsp3) is 0.467. The van der Waals surface area contributed by atoms with Crippen molar-refractivity contribution in [1.82, 2.24) is 0 Å². The average Bonchev–Trinajstić information content (AvgIpc) is 3.07. The summed E-state index contributed by atoms with van der Waals surface area (Å²) in [7, 11) is 0. The van der Waals surface area contributed by atoms with Gasteiger partial charge in [0.1, 0.15) is 0 Å². The minimum absolute atomic E-state index is 0.348. The molecule has 1 nitrogen and oxygen atoms in total. The van der Waals surface area contributed by atoms with Gasteiger partial charge in [0.05, 0.1) is 0 Å². The van der Waals surface area contributed by atoms with Crippen LogP contribution in [0.25, 0.3) is 5.70 Å². The molecule has 3 aromatic carbocycles. The van der Waals surface area contributed by atoms with Crippen LogP contribution in [0.2, 0.25) is 0 Å². The molecule has 0 unspecified atom stereocenters. The molecule has 3 aromatic rings. The molecule has 0 aliphatic carbocycles. The topological polar surface area (TPSA) is 3.24 Å². The summed E-state index contributed by atoms with van der Waals surface area (Å²) in [6, 6.07) is 27.3. The molecule has 0 aromatic heterocycles. The number of aryl methyl sites for hydroxylation is 3. The smallest absolute Gasteiger partial charge is 0.0490 e. The lowest BCUT2D eigenvalue weighted by atomic mass is 10.00. The van der Waals surface area contributed by atoms with Crippen molar-refractivity contribution in [3.05, 3.63) is 132 Å². The lowest BCUT2D eigenvalue weighted by Gasteiger charge is -2.33. The fourth-order valence-corrected chi connectivity index (χ4v) is 3.49. The van der Waals surface area contributed by atoms with Crippen LogP contribution in [0.1, 0.15) is 137 Å². The second kappa shape index (κ2) is 31.7. The first-order valence-electron chi connectivity index (χ1n) is 17.9. The highest BCUT2D eigenvalue weighted by Gasteiger charge is 2.20. The van der Waals surface area contributed by atoms with Gasteiger partial charge in [0, 0.05) is 22.6 Å². The Kier molecular flexibility index (Phi) is 32.4. The number of hydrogen-bond acceptors (Lipinski definition) is 1. The minimum Gasteiger partial charge on any atom is -0.314 e. The molecule has 0 radical (unpaired) electrons. The second-order valence-corrected chi connectivity index (χ2v) is 11.6. The van der Waals surface area contributed by atoms with Gasteiger partial charge in [-0.2, -0.15) is 0 Å². The number of hydrogen-bond donors (Lipinski definition) is 0. The standard InChI is InChI=1S/C23H29N.C7H8.C5H10.2C4H10.C2H6/c1-7-12-21-14-9-11-16-23(21)24(19(5)17(2)3)20(6)22-15-10-8-13-18(22)4;1-7-5-3-2-4-6-7;1-4-5(2)3;2*1-3-4-2;1-2/h8-11,13-17H,5-7,12H2,1-4H3;2-6H,1H3;2,4H2,1,3H3;2*3-4H2,1-2H3;1-2H3. The van der Waals surface area contributed by atoms with Crippen molar-refractivity contribution < 1.29 is 0 Å². The van der Waals surface area contributed by atoms with Crippen molar-refractivity contribution in [3.8, 4) is 0 Å². The molecule has 0 aliphatic heterocycles. The molecule has 258 valence electrons. The SMILES string of the molecule is C=C(C)CC.C=C(c1ccccc1C)N(C(=C)C(C)C)c1ccccc1CCC.CC.CCCC.CCCC.Cc1ccccc1. The average molecular weight is 628 g/mol. The Hall–Kier alpha value is -3.32. The van der Waals surface area contributed by atoms with Crippen molar-refractivity contribution in [2.24, 2.45) is 5.92 Å². The summed E-state index contributed by atoms with van der Waals surface area (Å²) < 4.78 is 0. The first-order chi connectivity index (χ1) is 22.0. The lowest BCUT2D eigenvalue weighted by molar-refractivity contribution is 0.749. The van der Waals surface area contributed by atoms with E-state index in [0.717, 1.165) is 30.7 Å². The number of anilines is 1. The molecule has 0 saturated carbocycles. The lowest BCUT2D eigenvalue weighted by Crippen LogP contribution is -2.24. The summed E-state index contributed by atoms with van der Waals surface area (Å²) in [5.74, 6) is 0.348. The Morgan fingerprint density at radius 2 is 1.07 bits per heavy atom. The van der Waals surface area contributed by atoms with Crippen LogP contribution in [-0.2, 0) is 6.42 Å². The van der Waals surface area contributed by atoms with E-state index in [1.54, 1.807) is 0 Å². The van der Waals surface area contributed by atoms with Crippen molar-refractivity contribution >= 4 is 11.4 Å². The van der Waals surface area contributed by atoms with Crippen LogP contribution in [0.15, 0.2) is 110 Å². The van der Waals surface area contributed by atoms with Crippen LogP contribution in [0.5, 0.6) is 0 Å². The maximum atomic E-state index is 4.43. The Balaban J connectivity index is -0.000000679. The highest BCUT2D eigenvalue weighted by molar-refractivity contribution is 5.83. The Morgan fingerprint density at radius 3 is 1.43 bits per heavy atom. The van der Waals surface area contributed by atoms with E-state index in [-0.39, 0.29) is 0 Å². The van der Waals surface area contributed by atoms with Gasteiger partial charge in [-0.05, 0) is 56.7 Å². The molecule has 0 atom stereocenters. The van der Waals surface area contributed by atoms with Gasteiger partial charge in [0.25, 0.3) is 0 Å². The molecular weight excluding hydrogens is 555 g/mol. The van der Waals surface area contributed by atoms with E-state index < -0.39 is 0 Å². The molecule has 0 amide bonds. The number of benzene rings is 3. The van der Waals surface area contributed by atoms with Crippen molar-refractivity contribution in [2.75, 3.05) is 4.90 Å². The second-order valence-electron chi connectivity index (χ2n) is 11.6. The van der Waals surface area contributed by atoms with E-state index in [4.69, 9.17) is 0 Å². The maximum absolute atomic E-state index is 4.43. The van der Waals surface area contributed by atoms with Gasteiger partial charge in [-0.1, -0.05) is 198 Å². The predicted molar refractivity (Wildman–Crippen MR) is 216 cm³/mol. The highest BCUT2D eigenvalue weighted by Crippen LogP contribution is 2.35. The number of allylic oxidation sites excluding steroid dienone is 2. The molecule has 46 heavy (non-hydrogen) atoms. The third-order valence-corrected chi connectivity index (χ3v) is 6.98. The van der Waals surface area contributed by atoms with E-state index in [9.17, 15) is 0 Å². The van der Waals surface area contributed by atoms with Gasteiger partial charge in [-0.3, -0.25) is 0 Å². The molecule has 0 saturated heterocycles. The Morgan fingerprint density at radius 1 is 0.630 bits per heavy atom. The van der Waals surface area contributed by atoms with Crippen LogP contribution >= 0.6 is 0 Å². The Labute approximate surface area is 288 Å². The van der Waals surface area contributed by atoms with Gasteiger partial charge < -0.3 is 4.90 Å². The zero-order valence-corrected chi connectivity index (χ0v) is 32.6. The van der Waals surface area contributed by atoms with Crippen molar-refractivity contribution in [3.63, 3.8) is 0 Å². The van der Waals surface area contributed by atoms with Gasteiger partial charge in [-0.25, -0.2) is 0 Å². The summed E-state index contributed by atoms with van der Waals surface area (Å²) >= 11 is 0. The van der Waals surface area contributed by atoms with E-state index in [0.29, 0.717) is 5.92 Å². The summed E-state index contributed by atoms with van der Waals surface area (Å²) in [6.45, 7) is 40.1. The van der Waals surface area contributed by atoms with Crippen LogP contribution in [0, 0.1) is 19.8 Å². The van der Waals surface area contributed by atoms with Gasteiger partial charge in [0.2, 0.25) is 0 Å². The van der Waals surface area contributed by atoms with Crippen LogP contribution in [0.4, 0.5) is 5.69 Å². The molecule has 1 heteroatoms. The number of nitrogens with zero attached hydrogens (tertiary/aromatic N) is 1. The number of unbranched alkanes of at least 4 members (excludes halogenated alkanes) is 2. The first kappa shape index (κ1) is 47.1. The van der Waals surface area contributed by atoms with Crippen LogP contribution in [0.3, 0.4) is 0 Å². The molecule has 0 bridgehead atoms. The summed E-state index contributed by atoms with van der Waals surface area (Å²) in [5, 5.41) is 0. The first-order valence-corrected chi connectivity index (χ1v) is 17.9. The van der Waals surface area contributed by atoms with Gasteiger partial charge >= 0.3 is 0 Å². The molecule has 0 fully saturated rings.